The van der Waals surface area contributed by atoms with Crippen LogP contribution in [-0.4, -0.2) is 11.9 Å². The molecule has 2 aromatic carbocycles. The molecule has 4 nitrogen and oxygen atoms in total. The lowest BCUT2D eigenvalue weighted by atomic mass is 9.83. The Morgan fingerprint density at radius 2 is 1.33 bits per heavy atom. The van der Waals surface area contributed by atoms with Gasteiger partial charge in [0.05, 0.1) is 11.5 Å². The zero-order valence-electron chi connectivity index (χ0n) is 17.8. The Labute approximate surface area is 179 Å². The normalized spacial score (nSPS) is 17.7. The number of aryl methyl sites for hydroxylation is 1. The zero-order valence-corrected chi connectivity index (χ0v) is 17.8. The molecular formula is C26H30O4. The monoisotopic (exact) mass is 406 g/mol. The molecule has 1 aliphatic carbocycles. The topological polar surface area (TPSA) is 52.6 Å². The molecule has 0 radical (unpaired) electrons. The van der Waals surface area contributed by atoms with E-state index in [4.69, 9.17) is 9.47 Å². The highest BCUT2D eigenvalue weighted by atomic mass is 16.5. The molecule has 158 valence electrons. The van der Waals surface area contributed by atoms with Crippen molar-refractivity contribution in [3.05, 3.63) is 85.0 Å². The van der Waals surface area contributed by atoms with Gasteiger partial charge in [0, 0.05) is 0 Å². The maximum absolute atomic E-state index is 12.2. The van der Waals surface area contributed by atoms with E-state index < -0.39 is 5.97 Å². The molecule has 3 rings (SSSR count). The van der Waals surface area contributed by atoms with Crippen molar-refractivity contribution in [2.24, 2.45) is 11.8 Å². The second-order valence-electron chi connectivity index (χ2n) is 7.58. The van der Waals surface area contributed by atoms with E-state index >= 15 is 0 Å². The molecule has 1 fully saturated rings. The fraction of sp³-hybridized carbons (Fsp3) is 0.308. The molecule has 30 heavy (non-hydrogen) atoms. The standard InChI is InChI=1S/C22H24O4.C4H6/c1-15-3-7-17(8-4-15)21(23)25-19-11-13-20(14-12-19)26-22(24)18-9-5-16(2)6-10-18;1-3-4-2/h3-4,7-8,11-14,16,18H,5-6,9-10H2,1-2H3;3-4H,1-2H2. The van der Waals surface area contributed by atoms with Gasteiger partial charge in [0.1, 0.15) is 11.5 Å². The largest absolute Gasteiger partial charge is 0.426 e. The van der Waals surface area contributed by atoms with Crippen molar-refractivity contribution < 1.29 is 19.1 Å². The second-order valence-corrected chi connectivity index (χ2v) is 7.58. The Morgan fingerprint density at radius 3 is 1.83 bits per heavy atom. The van der Waals surface area contributed by atoms with Gasteiger partial charge in [-0.25, -0.2) is 4.79 Å². The summed E-state index contributed by atoms with van der Waals surface area (Å²) in [4.78, 5) is 24.4. The molecule has 4 heteroatoms. The van der Waals surface area contributed by atoms with Gasteiger partial charge < -0.3 is 9.47 Å². The molecule has 2 aromatic rings. The van der Waals surface area contributed by atoms with Gasteiger partial charge in [-0.05, 0) is 74.9 Å². The minimum absolute atomic E-state index is 0.00904. The third kappa shape index (κ3) is 7.36. The molecule has 0 aliphatic heterocycles. The lowest BCUT2D eigenvalue weighted by Gasteiger charge is -2.24. The van der Waals surface area contributed by atoms with Crippen LogP contribution in [0.1, 0.15) is 48.5 Å². The van der Waals surface area contributed by atoms with Crippen LogP contribution in [0.25, 0.3) is 0 Å². The van der Waals surface area contributed by atoms with Crippen molar-refractivity contribution in [3.8, 4) is 11.5 Å². The van der Waals surface area contributed by atoms with Crippen molar-refractivity contribution in [1.29, 1.82) is 0 Å². The van der Waals surface area contributed by atoms with Gasteiger partial charge in [0.15, 0.2) is 0 Å². The first-order chi connectivity index (χ1) is 14.4. The summed E-state index contributed by atoms with van der Waals surface area (Å²) >= 11 is 0. The highest BCUT2D eigenvalue weighted by Crippen LogP contribution is 2.30. The summed E-state index contributed by atoms with van der Waals surface area (Å²) in [6, 6.07) is 13.8. The van der Waals surface area contributed by atoms with Gasteiger partial charge in [-0.3, -0.25) is 4.79 Å². The van der Waals surface area contributed by atoms with Crippen LogP contribution < -0.4 is 9.47 Å². The van der Waals surface area contributed by atoms with Crippen LogP contribution in [-0.2, 0) is 4.79 Å². The molecule has 0 atom stereocenters. The van der Waals surface area contributed by atoms with Gasteiger partial charge in [-0.1, -0.05) is 49.9 Å². The average molecular weight is 407 g/mol. The van der Waals surface area contributed by atoms with Crippen molar-refractivity contribution in [2.75, 3.05) is 0 Å². The maximum atomic E-state index is 12.2. The number of carbonyl (C=O) groups is 2. The van der Waals surface area contributed by atoms with Crippen molar-refractivity contribution in [2.45, 2.75) is 39.5 Å². The van der Waals surface area contributed by atoms with Crippen LogP contribution >= 0.6 is 0 Å². The second kappa shape index (κ2) is 11.8. The first kappa shape index (κ1) is 23.1. The van der Waals surface area contributed by atoms with E-state index in [9.17, 15) is 9.59 Å². The summed E-state index contributed by atoms with van der Waals surface area (Å²) in [6.07, 6.45) is 7.22. The molecule has 0 saturated heterocycles. The smallest absolute Gasteiger partial charge is 0.343 e. The maximum Gasteiger partial charge on any atom is 0.343 e. The van der Waals surface area contributed by atoms with Gasteiger partial charge in [-0.15, -0.1) is 0 Å². The molecule has 0 unspecified atom stereocenters. The third-order valence-electron chi connectivity index (χ3n) is 5.06. The summed E-state index contributed by atoms with van der Waals surface area (Å²) in [6.45, 7) is 10.9. The number of esters is 2. The molecule has 0 amide bonds. The molecule has 0 aromatic heterocycles. The minimum atomic E-state index is -0.411. The number of benzene rings is 2. The van der Waals surface area contributed by atoms with Gasteiger partial charge in [-0.2, -0.15) is 0 Å². The minimum Gasteiger partial charge on any atom is -0.426 e. The average Bonchev–Trinajstić information content (AvgIpc) is 2.76. The van der Waals surface area contributed by atoms with Crippen molar-refractivity contribution >= 4 is 11.9 Å². The van der Waals surface area contributed by atoms with E-state index in [0.29, 0.717) is 23.0 Å². The Kier molecular flexibility index (Phi) is 9.07. The molecule has 0 spiro atoms. The summed E-state index contributed by atoms with van der Waals surface area (Å²) in [5.74, 6) is 1.00. The highest BCUT2D eigenvalue weighted by Gasteiger charge is 2.25. The van der Waals surface area contributed by atoms with Crippen LogP contribution in [0, 0.1) is 18.8 Å². The number of hydrogen-bond donors (Lipinski definition) is 0. The molecule has 1 saturated carbocycles. The summed E-state index contributed by atoms with van der Waals surface area (Å²) in [5, 5.41) is 0. The molecular weight excluding hydrogens is 376 g/mol. The molecule has 0 heterocycles. The Bertz CT molecular complexity index is 836. The van der Waals surface area contributed by atoms with Crippen molar-refractivity contribution in [3.63, 3.8) is 0 Å². The quantitative estimate of drug-likeness (QED) is 0.332. The molecule has 0 N–H and O–H groups in total. The van der Waals surface area contributed by atoms with E-state index in [2.05, 4.69) is 20.1 Å². The Balaban J connectivity index is 0.000000735. The SMILES string of the molecule is C=CC=C.Cc1ccc(C(=O)Oc2ccc(OC(=O)C3CCC(C)CC3)cc2)cc1. The van der Waals surface area contributed by atoms with Crippen LogP contribution in [0.2, 0.25) is 0 Å². The number of ether oxygens (including phenoxy) is 2. The zero-order chi connectivity index (χ0) is 21.9. The molecule has 1 aliphatic rings. The van der Waals surface area contributed by atoms with E-state index in [1.165, 1.54) is 0 Å². The van der Waals surface area contributed by atoms with Crippen molar-refractivity contribution in [1.82, 2.24) is 0 Å². The van der Waals surface area contributed by atoms with Gasteiger partial charge in [0.2, 0.25) is 0 Å². The summed E-state index contributed by atoms with van der Waals surface area (Å²) in [7, 11) is 0. The highest BCUT2D eigenvalue weighted by molar-refractivity contribution is 5.91. The first-order valence-electron chi connectivity index (χ1n) is 10.3. The van der Waals surface area contributed by atoms with Crippen LogP contribution in [0.4, 0.5) is 0 Å². The Hall–Kier alpha value is -3.14. The van der Waals surface area contributed by atoms with Gasteiger partial charge in [0.25, 0.3) is 0 Å². The van der Waals surface area contributed by atoms with Crippen LogP contribution in [0.15, 0.2) is 73.8 Å². The molecule has 0 bridgehead atoms. The predicted molar refractivity (Wildman–Crippen MR) is 120 cm³/mol. The van der Waals surface area contributed by atoms with Gasteiger partial charge >= 0.3 is 11.9 Å². The van der Waals surface area contributed by atoms with E-state index in [0.717, 1.165) is 31.2 Å². The first-order valence-corrected chi connectivity index (χ1v) is 10.3. The number of hydrogen-bond acceptors (Lipinski definition) is 4. The number of carbonyl (C=O) groups excluding carboxylic acids is 2. The van der Waals surface area contributed by atoms with E-state index in [1.54, 1.807) is 48.6 Å². The fourth-order valence-electron chi connectivity index (χ4n) is 3.13. The van der Waals surface area contributed by atoms with Crippen LogP contribution in [0.3, 0.4) is 0 Å². The number of rotatable bonds is 5. The lowest BCUT2D eigenvalue weighted by molar-refractivity contribution is -0.140. The predicted octanol–water partition coefficient (Wildman–Crippen LogP) is 6.30. The van der Waals surface area contributed by atoms with E-state index in [1.807, 2.05) is 19.1 Å². The lowest BCUT2D eigenvalue weighted by Crippen LogP contribution is -2.24. The van der Waals surface area contributed by atoms with E-state index in [-0.39, 0.29) is 11.9 Å². The fourth-order valence-corrected chi connectivity index (χ4v) is 3.13. The van der Waals surface area contributed by atoms with Crippen LogP contribution in [0.5, 0.6) is 11.5 Å². The third-order valence-corrected chi connectivity index (χ3v) is 5.06. The Morgan fingerprint density at radius 1 is 0.833 bits per heavy atom. The summed E-state index contributed by atoms with van der Waals surface area (Å²) < 4.78 is 10.8. The summed E-state index contributed by atoms with van der Waals surface area (Å²) in [5.41, 5.74) is 1.58. The number of allylic oxidation sites excluding steroid dienone is 2.